The molecule has 0 saturated carbocycles. The van der Waals surface area contributed by atoms with Crippen LogP contribution in [-0.2, 0) is 85.0 Å². The maximum atomic E-state index is 15.0. The van der Waals surface area contributed by atoms with Crippen LogP contribution in [0.4, 0.5) is 44.6 Å². The summed E-state index contributed by atoms with van der Waals surface area (Å²) in [5, 5.41) is 48.6. The molecular weight excluding hydrogens is 1630 g/mol. The minimum atomic E-state index is -1.45. The Bertz CT molecular complexity index is 4950. The molecule has 0 bridgehead atoms. The molecule has 122 heavy (non-hydrogen) atoms. The van der Waals surface area contributed by atoms with E-state index in [9.17, 15) is 56.3 Å². The summed E-state index contributed by atoms with van der Waals surface area (Å²) >= 11 is 0. The summed E-state index contributed by atoms with van der Waals surface area (Å²) in [6, 6.07) is 35.8. The molecule has 8 N–H and O–H groups in total. The van der Waals surface area contributed by atoms with E-state index in [4.69, 9.17) is 29.8 Å². The number of aldehydes is 1. The minimum absolute atomic E-state index is 0. The SMILES string of the molecule is CC(=O)NC[C@H]1CN(c2ccc(-c3ccc(C=O)cc3)c(F)c2)C(=O)O1.CC(=O)NC[C@H]1CN(c2ccc(-c3ccc(CNCCn4cc([Si](C)(C)C)nn4)cc3)c(F)c2)C(=O)O1.CC(=O)NC[C@H]1CN(c2ccc(-c3ccc(CNCCn4ccnn4)cc3)c(F)c2)C(=O)O1.CC(=O)O.CC(=O)O[B-]OC(C)=O.C[Si](C)(C)c1cn(CCN)nn1.[Na+]. The molecule has 2 radical (unpaired) electrons. The molecule has 3 aromatic heterocycles. The van der Waals surface area contributed by atoms with Gasteiger partial charge < -0.3 is 60.9 Å². The molecule has 12 rings (SSSR count). The van der Waals surface area contributed by atoms with E-state index in [2.05, 4.69) is 106 Å². The van der Waals surface area contributed by atoms with E-state index >= 15 is 0 Å². The van der Waals surface area contributed by atoms with Crippen molar-refractivity contribution < 1.29 is 119 Å². The predicted octanol–water partition coefficient (Wildman–Crippen LogP) is 4.51. The Hall–Kier alpha value is -11.8. The van der Waals surface area contributed by atoms with Crippen molar-refractivity contribution in [3.8, 4) is 33.4 Å². The molecule has 6 amide bonds. The second-order valence-electron chi connectivity index (χ2n) is 29.7. The van der Waals surface area contributed by atoms with Crippen molar-refractivity contribution in [2.24, 2.45) is 5.73 Å². The summed E-state index contributed by atoms with van der Waals surface area (Å²) in [5.74, 6) is -3.82. The number of rotatable bonds is 29. The Balaban J connectivity index is 0.000000249. The number of hydrogen-bond acceptors (Lipinski definition) is 24. The first-order valence-corrected chi connectivity index (χ1v) is 45.4. The van der Waals surface area contributed by atoms with Crippen LogP contribution in [-0.4, -0.2) is 211 Å². The Morgan fingerprint density at radius 2 is 0.852 bits per heavy atom. The van der Waals surface area contributed by atoms with Gasteiger partial charge in [-0.15, -0.1) is 15.3 Å². The molecule has 6 heterocycles. The van der Waals surface area contributed by atoms with Crippen molar-refractivity contribution in [3.63, 3.8) is 0 Å². The van der Waals surface area contributed by atoms with E-state index in [0.29, 0.717) is 72.2 Å². The van der Waals surface area contributed by atoms with Crippen molar-refractivity contribution in [2.45, 2.75) is 132 Å². The zero-order chi connectivity index (χ0) is 88.5. The van der Waals surface area contributed by atoms with Crippen molar-refractivity contribution in [1.82, 2.24) is 71.6 Å². The fourth-order valence-electron chi connectivity index (χ4n) is 11.4. The number of benzene rings is 6. The van der Waals surface area contributed by atoms with Crippen LogP contribution in [0, 0.1) is 17.5 Å². The molecule has 3 saturated heterocycles. The number of nitrogens with one attached hydrogen (secondary N) is 5. The summed E-state index contributed by atoms with van der Waals surface area (Å²) in [5.41, 5.74) is 12.7. The summed E-state index contributed by atoms with van der Waals surface area (Å²) in [6.07, 6.45) is 5.11. The topological polar surface area (TPSA) is 425 Å². The largest absolute Gasteiger partial charge is 1.00 e. The van der Waals surface area contributed by atoms with Gasteiger partial charge in [0.15, 0.2) is 0 Å². The average Bonchev–Trinajstić information content (AvgIpc) is 1.53. The zero-order valence-electron chi connectivity index (χ0n) is 70.4. The van der Waals surface area contributed by atoms with Gasteiger partial charge in [0.1, 0.15) is 65.9 Å². The molecule has 9 aromatic rings. The standard InChI is InChI=1S/C26H33FN6O3Si.C23H25FN6O3.C19H17FN2O4.C7H16N4Si.C4H6BO4.C2H4O2.Na/c1-18(34)29-15-22-16-33(26(35)36-22)21-9-10-23(24(27)13-21)20-7-5-19(6-8-20)14-28-11-12-32-17-25(30-31-32)37(2,3)4;1-16(31)26-14-20-15-30(23(32)33-20)19-6-7-21(22(24)12-19)18-4-2-17(3-5-18)13-25-8-10-29-11-9-27-28-29;1-12(24)21-9-16-10-22(19(25)26-16)15-6-7-17(18(20)8-15)14-4-2-13(11-23)3-5-14;1-12(2,3)7-6-11(5-4-8)10-9-7;1-3(6)8-5-9-4(2)7;1-2(3)4;/h5-10,13,17,22,28H,11-12,14-16H2,1-4H3,(H,29,34);2-7,9,11-12,20,25H,8,10,13-15H2,1H3,(H,26,31);2-8,11,16H,9-10H2,1H3,(H,21,24);6H,4-5,8H2,1-3H3;1-2H3;1H3,(H,3,4);/q;;;;-1;;+1/t22-;20-;16-;;;;/m000..../s1. The fraction of sp³-hybridized carbons (Fsp3) is 0.358. The molecule has 0 aliphatic carbocycles. The first kappa shape index (κ1) is 99.0. The van der Waals surface area contributed by atoms with Gasteiger partial charge in [0.05, 0.1) is 92.8 Å². The third-order valence-electron chi connectivity index (χ3n) is 17.6. The van der Waals surface area contributed by atoms with Crippen LogP contribution in [0.2, 0.25) is 39.3 Å². The van der Waals surface area contributed by atoms with Crippen molar-refractivity contribution in [3.05, 3.63) is 186 Å². The maximum Gasteiger partial charge on any atom is 1.00 e. The molecule has 0 spiro atoms. The summed E-state index contributed by atoms with van der Waals surface area (Å²) < 4.78 is 73.8. The van der Waals surface area contributed by atoms with Gasteiger partial charge in [0, 0.05) is 115 Å². The molecule has 34 nitrogen and oxygen atoms in total. The van der Waals surface area contributed by atoms with E-state index in [1.165, 1.54) is 67.5 Å². The van der Waals surface area contributed by atoms with Crippen LogP contribution < -0.4 is 87.2 Å². The molecule has 644 valence electrons. The number of nitrogens with zero attached hydrogens (tertiary/aromatic N) is 12. The fourth-order valence-corrected chi connectivity index (χ4v) is 13.1. The number of halogens is 3. The molecule has 3 fully saturated rings. The van der Waals surface area contributed by atoms with E-state index in [1.54, 1.807) is 71.5 Å². The minimum Gasteiger partial charge on any atom is -0.702 e. The van der Waals surface area contributed by atoms with Gasteiger partial charge in [0.2, 0.25) is 17.7 Å². The number of cyclic esters (lactones) is 3. The van der Waals surface area contributed by atoms with Gasteiger partial charge in [-0.05, 0) is 82.4 Å². The third-order valence-corrected chi connectivity index (χ3v) is 21.1. The Labute approximate surface area is 729 Å². The number of carboxylic acid groups (broad SMARTS) is 1. The number of amides is 6. The number of anilines is 3. The van der Waals surface area contributed by atoms with Crippen LogP contribution in [0.5, 0.6) is 0 Å². The number of nitrogens with two attached hydrogens (primary N) is 1. The molecule has 3 aliphatic heterocycles. The number of carboxylic acids is 1. The average molecular weight is 1730 g/mol. The van der Waals surface area contributed by atoms with Gasteiger partial charge >= 0.3 is 47.8 Å². The number of carbonyl (C=O) groups is 10. The number of hydrogen-bond donors (Lipinski definition) is 7. The van der Waals surface area contributed by atoms with Gasteiger partial charge in [-0.2, -0.15) is 0 Å². The summed E-state index contributed by atoms with van der Waals surface area (Å²) in [4.78, 5) is 113. The van der Waals surface area contributed by atoms with E-state index < -0.39 is 88.1 Å². The first-order chi connectivity index (χ1) is 57.5. The van der Waals surface area contributed by atoms with Crippen molar-refractivity contribution in [2.75, 3.05) is 73.6 Å². The van der Waals surface area contributed by atoms with Gasteiger partial charge in [-0.25, -0.2) is 27.6 Å². The number of aliphatic carboxylic acids is 1. The van der Waals surface area contributed by atoms with Crippen LogP contribution in [0.1, 0.15) is 63.0 Å². The zero-order valence-corrected chi connectivity index (χ0v) is 74.4. The third kappa shape index (κ3) is 33.0. The van der Waals surface area contributed by atoms with Crippen LogP contribution >= 0.6 is 0 Å². The number of carbonyl (C=O) groups excluding carboxylic acids is 9. The normalized spacial score (nSPS) is 14.4. The molecule has 0 unspecified atom stereocenters. The Morgan fingerprint density at radius 1 is 0.516 bits per heavy atom. The van der Waals surface area contributed by atoms with Gasteiger partial charge in [0.25, 0.3) is 17.9 Å². The second kappa shape index (κ2) is 48.6. The second-order valence-corrected chi connectivity index (χ2v) is 39.7. The van der Waals surface area contributed by atoms with Crippen LogP contribution in [0.25, 0.3) is 33.4 Å². The van der Waals surface area contributed by atoms with E-state index in [-0.39, 0.29) is 86.5 Å². The molecule has 41 heteroatoms. The number of ether oxygens (including phenoxy) is 3. The smallest absolute Gasteiger partial charge is 0.702 e. The van der Waals surface area contributed by atoms with Crippen molar-refractivity contribution in [1.29, 1.82) is 0 Å². The van der Waals surface area contributed by atoms with Gasteiger partial charge in [-0.3, -0.25) is 62.3 Å². The quantitative estimate of drug-likeness (QED) is 0.0147. The molecular formula is C81H101BF3N18NaO16Si2. The Morgan fingerprint density at radius 3 is 1.14 bits per heavy atom. The Kier molecular flexibility index (Phi) is 39.4. The molecule has 3 aliphatic rings. The monoisotopic (exact) mass is 1730 g/mol. The summed E-state index contributed by atoms with van der Waals surface area (Å²) in [6.45, 7) is 28.3. The van der Waals surface area contributed by atoms with Crippen LogP contribution in [0.3, 0.4) is 0 Å². The molecule has 3 atom stereocenters. The predicted molar refractivity (Wildman–Crippen MR) is 451 cm³/mol. The van der Waals surface area contributed by atoms with Crippen molar-refractivity contribution >= 4 is 112 Å². The van der Waals surface area contributed by atoms with Crippen LogP contribution in [0.15, 0.2) is 152 Å². The van der Waals surface area contributed by atoms with Gasteiger partial charge in [-0.1, -0.05) is 128 Å². The summed E-state index contributed by atoms with van der Waals surface area (Å²) in [7, 11) is -2.03. The van der Waals surface area contributed by atoms with E-state index in [1.807, 2.05) is 76.5 Å². The van der Waals surface area contributed by atoms with E-state index in [0.717, 1.165) is 78.8 Å². The molecule has 6 aromatic carbocycles. The number of aromatic nitrogens is 9. The first-order valence-electron chi connectivity index (χ1n) is 38.4. The maximum absolute atomic E-state index is 15.0.